The van der Waals surface area contributed by atoms with Crippen molar-refractivity contribution < 1.29 is 46.9 Å². The van der Waals surface area contributed by atoms with E-state index in [1.54, 1.807) is 0 Å². The van der Waals surface area contributed by atoms with Crippen LogP contribution in [0.3, 0.4) is 0 Å². The van der Waals surface area contributed by atoms with Crippen molar-refractivity contribution in [3.8, 4) is 0 Å². The Hall–Kier alpha value is -1.87. The van der Waals surface area contributed by atoms with Gasteiger partial charge in [-0.25, -0.2) is 18.8 Å². The number of hydrogen-bond acceptors (Lipinski definition) is 4. The fraction of sp³-hybridized carbons (Fsp3) is 0.250. The van der Waals surface area contributed by atoms with Gasteiger partial charge in [-0.1, -0.05) is 0 Å². The second-order valence-corrected chi connectivity index (χ2v) is 0.997. The summed E-state index contributed by atoms with van der Waals surface area (Å²) in [5.41, 5.74) is 0. The van der Waals surface area contributed by atoms with E-state index in [-0.39, 0.29) is 0 Å². The van der Waals surface area contributed by atoms with E-state index in [1.807, 2.05) is 0 Å². The molecule has 0 radical (unpaired) electrons. The van der Waals surface area contributed by atoms with Crippen LogP contribution in [0.15, 0.2) is 0 Å². The minimum atomic E-state index is -2.33. The Kier molecular flexibility index (Phi) is 17.6. The van der Waals surface area contributed by atoms with Crippen LogP contribution in [0.4, 0.5) is 31.9 Å². The van der Waals surface area contributed by atoms with Crippen molar-refractivity contribution in [2.45, 2.75) is 0 Å². The topological polar surface area (TPSA) is 101 Å². The van der Waals surface area contributed by atoms with E-state index in [2.05, 4.69) is 4.74 Å². The van der Waals surface area contributed by atoms with Gasteiger partial charge in [0.1, 0.15) is 0 Å². The predicted octanol–water partition coefficient (Wildman–Crippen LogP) is 2.29. The maximum atomic E-state index is 10.6. The number of carbonyl (C=O) groups is 3. The fourth-order valence-electron chi connectivity index (χ4n) is 0.0429. The monoisotopic (exact) mass is 224 g/mol. The van der Waals surface area contributed by atoms with Crippen LogP contribution in [0.5, 0.6) is 0 Å². The van der Waals surface area contributed by atoms with Gasteiger partial charge in [-0.3, -0.25) is 0 Å². The van der Waals surface area contributed by atoms with E-state index in [9.17, 15) is 17.6 Å². The summed E-state index contributed by atoms with van der Waals surface area (Å²) in [6, 6.07) is 0. The number of alkyl halides is 1. The molecule has 0 spiro atoms. The van der Waals surface area contributed by atoms with E-state index in [1.165, 1.54) is 0 Å². The van der Waals surface area contributed by atoms with Gasteiger partial charge in [0.05, 0.1) is 0 Å². The van der Waals surface area contributed by atoms with Gasteiger partial charge in [0.25, 0.3) is 0 Å². The van der Waals surface area contributed by atoms with Gasteiger partial charge in [-0.2, -0.15) is 0 Å². The van der Waals surface area contributed by atoms with Crippen LogP contribution in [-0.2, 0) is 4.74 Å². The minimum absolute atomic E-state index is 1.39. The van der Waals surface area contributed by atoms with Gasteiger partial charge in [-0.15, -0.1) is 13.2 Å². The molecule has 10 heteroatoms. The lowest BCUT2D eigenvalue weighted by Gasteiger charge is -1.82. The molecule has 0 aromatic rings. The van der Waals surface area contributed by atoms with E-state index in [0.29, 0.717) is 0 Å². The molecule has 0 aromatic carbocycles. The Morgan fingerprint density at radius 1 is 1.00 bits per heavy atom. The maximum Gasteiger partial charge on any atom is 0.497 e. The molecule has 0 rings (SSSR count). The molecular weight excluding hydrogens is 220 g/mol. The zero-order chi connectivity index (χ0) is 12.1. The van der Waals surface area contributed by atoms with E-state index in [0.717, 1.165) is 0 Å². The Morgan fingerprint density at radius 2 is 1.21 bits per heavy atom. The average Bonchev–Trinajstić information content (AvgIpc) is 1.82. The highest BCUT2D eigenvalue weighted by atomic mass is 19.2. The number of hydrogen-bond donors (Lipinski definition) is 2. The van der Waals surface area contributed by atoms with Crippen LogP contribution in [0.2, 0.25) is 0 Å². The molecule has 0 aromatic heterocycles. The first-order valence-corrected chi connectivity index (χ1v) is 2.39. The SMILES string of the molecule is O=C(F)OCF.O=C(O)F.O=C(O)F. The minimum Gasteiger partial charge on any atom is -0.456 e. The molecule has 0 aliphatic heterocycles. The summed E-state index contributed by atoms with van der Waals surface area (Å²) in [7, 11) is 0. The molecule has 0 amide bonds. The molecule has 0 aliphatic rings. The largest absolute Gasteiger partial charge is 0.497 e. The normalized spacial score (nSPS) is 6.86. The summed E-state index contributed by atoms with van der Waals surface area (Å²) < 4.78 is 44.1. The summed E-state index contributed by atoms with van der Waals surface area (Å²) in [6.07, 6.45) is -6.75. The van der Waals surface area contributed by atoms with Crippen molar-refractivity contribution in [3.63, 3.8) is 0 Å². The van der Waals surface area contributed by atoms with Crippen LogP contribution >= 0.6 is 0 Å². The smallest absolute Gasteiger partial charge is 0.456 e. The van der Waals surface area contributed by atoms with Gasteiger partial charge >= 0.3 is 18.7 Å². The molecular formula is C4H4F4O6. The average molecular weight is 224 g/mol. The number of carboxylic acid groups (broad SMARTS) is 2. The lowest BCUT2D eigenvalue weighted by Crippen LogP contribution is -1.89. The van der Waals surface area contributed by atoms with Gasteiger partial charge < -0.3 is 14.9 Å². The standard InChI is InChI=1S/C2H2F2O2.2CHFO2/c3-1-6-2(4)5;2*2-1(3)4/h1H2;2*(H,3,4). The van der Waals surface area contributed by atoms with Crippen molar-refractivity contribution >= 4 is 18.7 Å². The Bertz CT molecular complexity index is 163. The van der Waals surface area contributed by atoms with Crippen LogP contribution in [0, 0.1) is 0 Å². The Balaban J connectivity index is -0.000000135. The highest BCUT2D eigenvalue weighted by Gasteiger charge is 1.91. The maximum absolute atomic E-state index is 10.6. The molecule has 14 heavy (non-hydrogen) atoms. The number of halogens is 4. The summed E-state index contributed by atoms with van der Waals surface area (Å²) >= 11 is 0. The third kappa shape index (κ3) is 661. The van der Waals surface area contributed by atoms with Crippen molar-refractivity contribution in [2.24, 2.45) is 0 Å². The first kappa shape index (κ1) is 18.0. The molecule has 0 saturated heterocycles. The molecule has 0 fully saturated rings. The van der Waals surface area contributed by atoms with Crippen LogP contribution < -0.4 is 0 Å². The third-order valence-corrected chi connectivity index (χ3v) is 0.168. The van der Waals surface area contributed by atoms with Gasteiger partial charge in [0.2, 0.25) is 6.86 Å². The van der Waals surface area contributed by atoms with E-state index >= 15 is 0 Å². The summed E-state index contributed by atoms with van der Waals surface area (Å²) in [5.74, 6) is 0. The summed E-state index contributed by atoms with van der Waals surface area (Å²) in [6.45, 7) is -1.39. The fourth-order valence-corrected chi connectivity index (χ4v) is 0.0429. The molecule has 0 unspecified atom stereocenters. The number of rotatable bonds is 1. The van der Waals surface area contributed by atoms with Crippen LogP contribution in [0.25, 0.3) is 0 Å². The second-order valence-electron chi connectivity index (χ2n) is 0.997. The van der Waals surface area contributed by atoms with Crippen molar-refractivity contribution in [1.82, 2.24) is 0 Å². The Labute approximate surface area is 73.7 Å². The molecule has 0 saturated carbocycles. The van der Waals surface area contributed by atoms with E-state index < -0.39 is 25.5 Å². The van der Waals surface area contributed by atoms with Crippen molar-refractivity contribution in [2.75, 3.05) is 6.86 Å². The molecule has 84 valence electrons. The predicted molar refractivity (Wildman–Crippen MR) is 31.8 cm³/mol. The molecule has 6 nitrogen and oxygen atoms in total. The quantitative estimate of drug-likeness (QED) is 0.523. The molecule has 0 aliphatic carbocycles. The second kappa shape index (κ2) is 13.7. The molecule has 0 bridgehead atoms. The zero-order valence-electron chi connectivity index (χ0n) is 6.25. The zero-order valence-corrected chi connectivity index (χ0v) is 6.25. The lowest BCUT2D eigenvalue weighted by atomic mass is 11.4. The number of ether oxygens (including phenoxy) is 1. The van der Waals surface area contributed by atoms with Crippen LogP contribution in [0.1, 0.15) is 0 Å². The summed E-state index contributed by atoms with van der Waals surface area (Å²) in [5, 5.41) is 13.5. The van der Waals surface area contributed by atoms with Gasteiger partial charge in [0, 0.05) is 0 Å². The first-order valence-electron chi connectivity index (χ1n) is 2.39. The first-order chi connectivity index (χ1) is 6.23. The van der Waals surface area contributed by atoms with Crippen LogP contribution in [-0.4, -0.2) is 35.7 Å². The lowest BCUT2D eigenvalue weighted by molar-refractivity contribution is 0.0777. The van der Waals surface area contributed by atoms with E-state index in [4.69, 9.17) is 24.6 Å². The highest BCUT2D eigenvalue weighted by Crippen LogP contribution is 1.79. The molecule has 0 heterocycles. The molecule has 2 N–H and O–H groups in total. The highest BCUT2D eigenvalue weighted by molar-refractivity contribution is 5.57. The Morgan fingerprint density at radius 3 is 1.21 bits per heavy atom. The van der Waals surface area contributed by atoms with Gasteiger partial charge in [0.15, 0.2) is 0 Å². The summed E-state index contributed by atoms with van der Waals surface area (Å²) in [4.78, 5) is 25.6. The van der Waals surface area contributed by atoms with Crippen molar-refractivity contribution in [1.29, 1.82) is 0 Å². The number of carbonyl (C=O) groups excluding carboxylic acids is 1. The molecule has 0 atom stereocenters. The van der Waals surface area contributed by atoms with Gasteiger partial charge in [-0.05, 0) is 0 Å². The third-order valence-electron chi connectivity index (χ3n) is 0.168. The van der Waals surface area contributed by atoms with Crippen molar-refractivity contribution in [3.05, 3.63) is 0 Å².